The molecule has 12 heteroatoms. The van der Waals surface area contributed by atoms with Gasteiger partial charge in [0.2, 0.25) is 0 Å². The van der Waals surface area contributed by atoms with Crippen molar-refractivity contribution < 1.29 is 27.1 Å². The summed E-state index contributed by atoms with van der Waals surface area (Å²) in [5.74, 6) is 0. The number of benzene rings is 1. The molecular formula is C18H16F4N6O2. The first-order valence-electron chi connectivity index (χ1n) is 8.52. The molecule has 1 aromatic carbocycles. The summed E-state index contributed by atoms with van der Waals surface area (Å²) < 4.78 is 56.3. The molecule has 0 atom stereocenters. The topological polar surface area (TPSA) is 96.0 Å². The van der Waals surface area contributed by atoms with Gasteiger partial charge < -0.3 is 10.1 Å². The number of nitrogens with zero attached hydrogens (tertiary/aromatic N) is 4. The summed E-state index contributed by atoms with van der Waals surface area (Å²) in [6.07, 6.45) is -2.89. The number of aromatic nitrogens is 4. The Morgan fingerprint density at radius 1 is 1.17 bits per heavy atom. The van der Waals surface area contributed by atoms with Gasteiger partial charge in [0.25, 0.3) is 12.9 Å². The molecule has 158 valence electrons. The van der Waals surface area contributed by atoms with E-state index in [0.29, 0.717) is 0 Å². The fraction of sp³-hybridized carbons (Fsp3) is 0.222. The molecule has 2 aromatic heterocycles. The number of aromatic amines is 1. The number of alkyl halides is 4. The summed E-state index contributed by atoms with van der Waals surface area (Å²) in [7, 11) is 1.37. The molecule has 8 nitrogen and oxygen atoms in total. The summed E-state index contributed by atoms with van der Waals surface area (Å²) in [4.78, 5) is 21.8. The van der Waals surface area contributed by atoms with E-state index in [-0.39, 0.29) is 35.2 Å². The molecule has 0 spiro atoms. The van der Waals surface area contributed by atoms with Crippen LogP contribution in [0.2, 0.25) is 0 Å². The predicted molar refractivity (Wildman–Crippen MR) is 98.7 cm³/mol. The number of carbonyl (C=O) groups excluding carboxylic acids is 1. The van der Waals surface area contributed by atoms with Crippen LogP contribution in [-0.4, -0.2) is 33.3 Å². The number of amides is 2. The maximum atomic E-state index is 12.9. The fourth-order valence-corrected chi connectivity index (χ4v) is 2.52. The van der Waals surface area contributed by atoms with Crippen molar-refractivity contribution >= 4 is 17.4 Å². The van der Waals surface area contributed by atoms with Crippen LogP contribution in [0.4, 0.5) is 33.7 Å². The largest absolute Gasteiger partial charge is 0.467 e. The SMILES string of the molecule is COc1ncc(N(Cc2cc(C(F)F)n[nH]2)C(=O)Nc2cccc(C(F)F)c2)cn1. The van der Waals surface area contributed by atoms with Gasteiger partial charge in [-0.05, 0) is 18.2 Å². The van der Waals surface area contributed by atoms with E-state index in [1.54, 1.807) is 0 Å². The number of rotatable bonds is 7. The van der Waals surface area contributed by atoms with E-state index >= 15 is 0 Å². The third-order valence-corrected chi connectivity index (χ3v) is 3.95. The highest BCUT2D eigenvalue weighted by atomic mass is 19.3. The molecule has 0 fully saturated rings. The lowest BCUT2D eigenvalue weighted by Gasteiger charge is -2.22. The van der Waals surface area contributed by atoms with Gasteiger partial charge in [-0.25, -0.2) is 32.3 Å². The van der Waals surface area contributed by atoms with Crippen LogP contribution < -0.4 is 15.0 Å². The monoisotopic (exact) mass is 424 g/mol. The van der Waals surface area contributed by atoms with Gasteiger partial charge in [-0.3, -0.25) is 10.00 Å². The highest BCUT2D eigenvalue weighted by Gasteiger charge is 2.21. The molecule has 0 bridgehead atoms. The van der Waals surface area contributed by atoms with E-state index in [4.69, 9.17) is 4.74 Å². The number of ether oxygens (including phenoxy) is 1. The molecule has 0 unspecified atom stereocenters. The minimum Gasteiger partial charge on any atom is -0.467 e. The maximum Gasteiger partial charge on any atom is 0.326 e. The fourth-order valence-electron chi connectivity index (χ4n) is 2.52. The Bertz CT molecular complexity index is 996. The minimum absolute atomic E-state index is 0.0604. The van der Waals surface area contributed by atoms with Crippen molar-refractivity contribution in [3.8, 4) is 6.01 Å². The normalized spacial score (nSPS) is 11.0. The molecule has 2 heterocycles. The second-order valence-electron chi connectivity index (χ2n) is 5.99. The molecule has 30 heavy (non-hydrogen) atoms. The number of hydrogen-bond acceptors (Lipinski definition) is 5. The first kappa shape index (κ1) is 21.0. The zero-order valence-electron chi connectivity index (χ0n) is 15.5. The molecule has 0 saturated heterocycles. The van der Waals surface area contributed by atoms with Gasteiger partial charge in [0.1, 0.15) is 5.69 Å². The minimum atomic E-state index is -2.78. The summed E-state index contributed by atoms with van der Waals surface area (Å²) in [6, 6.07) is 5.64. The molecule has 0 saturated carbocycles. The van der Waals surface area contributed by atoms with Gasteiger partial charge >= 0.3 is 12.0 Å². The van der Waals surface area contributed by atoms with Crippen molar-refractivity contribution in [3.05, 3.63) is 59.7 Å². The molecular weight excluding hydrogens is 408 g/mol. The summed E-state index contributed by atoms with van der Waals surface area (Å²) in [5.41, 5.74) is -0.164. The smallest absolute Gasteiger partial charge is 0.326 e. The number of carbonyl (C=O) groups is 1. The zero-order valence-corrected chi connectivity index (χ0v) is 15.5. The van der Waals surface area contributed by atoms with Gasteiger partial charge in [-0.15, -0.1) is 0 Å². The Labute approximate surface area is 167 Å². The molecule has 3 aromatic rings. The number of nitrogens with one attached hydrogen (secondary N) is 2. The number of methoxy groups -OCH3 is 1. The van der Waals surface area contributed by atoms with Gasteiger partial charge in [0.05, 0.1) is 37.4 Å². The average molecular weight is 424 g/mol. The Balaban J connectivity index is 1.87. The summed E-state index contributed by atoms with van der Waals surface area (Å²) in [6.45, 7) is -0.185. The lowest BCUT2D eigenvalue weighted by Crippen LogP contribution is -2.35. The van der Waals surface area contributed by atoms with Crippen molar-refractivity contribution in [3.63, 3.8) is 0 Å². The molecule has 2 N–H and O–H groups in total. The highest BCUT2D eigenvalue weighted by Crippen LogP contribution is 2.24. The standard InChI is InChI=1S/C18H16F4N6O2/c1-30-17-23-7-13(8-24-17)28(9-12-6-14(16(21)22)27-26-12)18(29)25-11-4-2-3-10(5-11)15(19)20/h2-8,15-16H,9H2,1H3,(H,25,29)(H,26,27). The van der Waals surface area contributed by atoms with Gasteiger partial charge in [-0.1, -0.05) is 12.1 Å². The number of anilines is 2. The zero-order chi connectivity index (χ0) is 21.7. The molecule has 2 amide bonds. The summed E-state index contributed by atoms with van der Waals surface area (Å²) >= 11 is 0. The Morgan fingerprint density at radius 2 is 1.90 bits per heavy atom. The van der Waals surface area contributed by atoms with E-state index in [1.807, 2.05) is 0 Å². The number of urea groups is 1. The van der Waals surface area contributed by atoms with Crippen LogP contribution in [0.25, 0.3) is 0 Å². The Hall–Kier alpha value is -3.70. The van der Waals surface area contributed by atoms with Gasteiger partial charge in [0, 0.05) is 11.3 Å². The van der Waals surface area contributed by atoms with Crippen LogP contribution in [0.15, 0.2) is 42.7 Å². The number of hydrogen-bond donors (Lipinski definition) is 2. The third kappa shape index (κ3) is 5.01. The highest BCUT2D eigenvalue weighted by molar-refractivity contribution is 6.01. The third-order valence-electron chi connectivity index (χ3n) is 3.95. The quantitative estimate of drug-likeness (QED) is 0.551. The average Bonchev–Trinajstić information content (AvgIpc) is 3.21. The number of H-pyrrole nitrogens is 1. The first-order valence-corrected chi connectivity index (χ1v) is 8.52. The second-order valence-corrected chi connectivity index (χ2v) is 5.99. The maximum absolute atomic E-state index is 12.9. The summed E-state index contributed by atoms with van der Waals surface area (Å²) in [5, 5.41) is 8.43. The lowest BCUT2D eigenvalue weighted by molar-refractivity contribution is 0.146. The van der Waals surface area contributed by atoms with Crippen molar-refractivity contribution in [2.45, 2.75) is 19.4 Å². The van der Waals surface area contributed by atoms with Gasteiger partial charge in [-0.2, -0.15) is 5.10 Å². The van der Waals surface area contributed by atoms with Crippen LogP contribution >= 0.6 is 0 Å². The first-order chi connectivity index (χ1) is 14.4. The molecule has 0 radical (unpaired) electrons. The molecule has 3 rings (SSSR count). The van der Waals surface area contributed by atoms with E-state index in [9.17, 15) is 22.4 Å². The van der Waals surface area contributed by atoms with Crippen molar-refractivity contribution in [2.24, 2.45) is 0 Å². The van der Waals surface area contributed by atoms with Crippen LogP contribution in [0, 0.1) is 0 Å². The Morgan fingerprint density at radius 3 is 2.50 bits per heavy atom. The van der Waals surface area contributed by atoms with Crippen molar-refractivity contribution in [1.29, 1.82) is 0 Å². The van der Waals surface area contributed by atoms with Crippen molar-refractivity contribution in [1.82, 2.24) is 20.2 Å². The van der Waals surface area contributed by atoms with Gasteiger partial charge in [0.15, 0.2) is 0 Å². The molecule has 0 aliphatic carbocycles. The van der Waals surface area contributed by atoms with Crippen molar-refractivity contribution in [2.75, 3.05) is 17.3 Å². The van der Waals surface area contributed by atoms with E-state index in [1.165, 1.54) is 37.7 Å². The van der Waals surface area contributed by atoms with Crippen LogP contribution in [0.1, 0.15) is 29.8 Å². The predicted octanol–water partition coefficient (Wildman–Crippen LogP) is 4.32. The lowest BCUT2D eigenvalue weighted by atomic mass is 10.2. The van der Waals surface area contributed by atoms with Crippen LogP contribution in [-0.2, 0) is 6.54 Å². The molecule has 0 aliphatic heterocycles. The van der Waals surface area contributed by atoms with Crippen LogP contribution in [0.3, 0.4) is 0 Å². The van der Waals surface area contributed by atoms with E-state index < -0.39 is 24.6 Å². The molecule has 0 aliphatic rings. The van der Waals surface area contributed by atoms with Crippen LogP contribution in [0.5, 0.6) is 6.01 Å². The van der Waals surface area contributed by atoms with E-state index in [0.717, 1.165) is 17.0 Å². The van der Waals surface area contributed by atoms with E-state index in [2.05, 4.69) is 25.5 Å². The second kappa shape index (κ2) is 9.20. The Kier molecular flexibility index (Phi) is 6.45. The number of halogens is 4.